The van der Waals surface area contributed by atoms with Gasteiger partial charge in [-0.1, -0.05) is 24.6 Å². The molecule has 0 aliphatic carbocycles. The van der Waals surface area contributed by atoms with Gasteiger partial charge in [0.2, 0.25) is 0 Å². The molecule has 0 aromatic heterocycles. The van der Waals surface area contributed by atoms with Crippen LogP contribution in [0.2, 0.25) is 5.02 Å². The number of amides is 1. The minimum absolute atomic E-state index is 0. The van der Waals surface area contributed by atoms with Gasteiger partial charge in [-0.15, -0.1) is 12.4 Å². The molecule has 2 atom stereocenters. The Morgan fingerprint density at radius 2 is 2.26 bits per heavy atom. The Hall–Kier alpha value is -0.970. The Morgan fingerprint density at radius 1 is 1.52 bits per heavy atom. The van der Waals surface area contributed by atoms with Crippen LogP contribution in [0.1, 0.15) is 32.3 Å². The lowest BCUT2D eigenvalue weighted by Gasteiger charge is -2.31. The van der Waals surface area contributed by atoms with Crippen molar-refractivity contribution < 1.29 is 9.53 Å². The summed E-state index contributed by atoms with van der Waals surface area (Å²) in [4.78, 5) is 14.7. The molecule has 2 unspecified atom stereocenters. The fraction of sp³-hybridized carbons (Fsp3) is 0.588. The number of hydrogen-bond donors (Lipinski definition) is 1. The number of hydrogen-bond acceptors (Lipinski definition) is 3. The zero-order valence-electron chi connectivity index (χ0n) is 14.0. The first-order valence-electron chi connectivity index (χ1n) is 7.97. The molecule has 130 valence electrons. The Labute approximate surface area is 149 Å². The van der Waals surface area contributed by atoms with E-state index in [0.717, 1.165) is 38.0 Å². The maximum Gasteiger partial charge on any atom is 0.263 e. The van der Waals surface area contributed by atoms with E-state index in [1.807, 2.05) is 24.0 Å². The molecule has 1 aromatic carbocycles. The number of nitrogens with zero attached hydrogens (tertiary/aromatic N) is 1. The third-order valence-electron chi connectivity index (χ3n) is 3.96. The predicted molar refractivity (Wildman–Crippen MR) is 96.8 cm³/mol. The Balaban J connectivity index is 0.00000264. The highest BCUT2D eigenvalue weighted by Gasteiger charge is 2.30. The summed E-state index contributed by atoms with van der Waals surface area (Å²) in [6.07, 6.45) is 1.41. The third kappa shape index (κ3) is 5.27. The molecular formula is C17H26Cl2N2O2. The first-order chi connectivity index (χ1) is 10.5. The molecule has 1 aromatic rings. The van der Waals surface area contributed by atoms with Crippen molar-refractivity contribution in [2.45, 2.75) is 45.8 Å². The first kappa shape index (κ1) is 20.1. The van der Waals surface area contributed by atoms with Crippen LogP contribution in [0.3, 0.4) is 0 Å². The normalized spacial score (nSPS) is 18.2. The molecule has 0 saturated carbocycles. The van der Waals surface area contributed by atoms with Crippen LogP contribution < -0.4 is 10.1 Å². The van der Waals surface area contributed by atoms with E-state index in [0.29, 0.717) is 10.8 Å². The molecule has 1 fully saturated rings. The summed E-state index contributed by atoms with van der Waals surface area (Å²) in [6.45, 7) is 8.46. The fourth-order valence-corrected chi connectivity index (χ4v) is 2.96. The molecular weight excluding hydrogens is 335 g/mol. The maximum absolute atomic E-state index is 12.8. The molecule has 1 N–H and O–H groups in total. The van der Waals surface area contributed by atoms with Crippen molar-refractivity contribution in [1.29, 1.82) is 0 Å². The molecule has 23 heavy (non-hydrogen) atoms. The van der Waals surface area contributed by atoms with E-state index < -0.39 is 6.10 Å². The van der Waals surface area contributed by atoms with Gasteiger partial charge in [0, 0.05) is 19.1 Å². The summed E-state index contributed by atoms with van der Waals surface area (Å²) in [5.41, 5.74) is 1.06. The standard InChI is InChI=1S/C17H25ClN2O2.ClH/c1-4-9-20(14-7-8-19-11-14)17(21)13(3)22-16-10-12(2)5-6-15(16)18;/h5-6,10,13-14,19H,4,7-9,11H2,1-3H3;1H. The zero-order chi connectivity index (χ0) is 16.1. The molecule has 0 radical (unpaired) electrons. The SMILES string of the molecule is CCCN(C(=O)C(C)Oc1cc(C)ccc1Cl)C1CCNC1.Cl. The quantitative estimate of drug-likeness (QED) is 0.844. The van der Waals surface area contributed by atoms with E-state index >= 15 is 0 Å². The van der Waals surface area contributed by atoms with E-state index in [2.05, 4.69) is 12.2 Å². The summed E-state index contributed by atoms with van der Waals surface area (Å²) in [7, 11) is 0. The van der Waals surface area contributed by atoms with Crippen LogP contribution in [0.15, 0.2) is 18.2 Å². The van der Waals surface area contributed by atoms with Crippen molar-refractivity contribution in [3.8, 4) is 5.75 Å². The smallest absolute Gasteiger partial charge is 0.263 e. The van der Waals surface area contributed by atoms with Crippen molar-refractivity contribution in [2.24, 2.45) is 0 Å². The number of carbonyl (C=O) groups excluding carboxylic acids is 1. The average Bonchev–Trinajstić information content (AvgIpc) is 3.01. The second-order valence-electron chi connectivity index (χ2n) is 5.87. The van der Waals surface area contributed by atoms with E-state index in [1.165, 1.54) is 0 Å². The van der Waals surface area contributed by atoms with Gasteiger partial charge in [0.15, 0.2) is 6.10 Å². The van der Waals surface area contributed by atoms with E-state index in [1.54, 1.807) is 13.0 Å². The maximum atomic E-state index is 12.8. The van der Waals surface area contributed by atoms with E-state index in [-0.39, 0.29) is 24.4 Å². The van der Waals surface area contributed by atoms with Crippen molar-refractivity contribution in [3.05, 3.63) is 28.8 Å². The number of rotatable bonds is 6. The summed E-state index contributed by atoms with van der Waals surface area (Å²) < 4.78 is 5.83. The molecule has 6 heteroatoms. The van der Waals surface area contributed by atoms with Crippen LogP contribution in [0.5, 0.6) is 5.75 Å². The van der Waals surface area contributed by atoms with Gasteiger partial charge >= 0.3 is 0 Å². The minimum atomic E-state index is -0.536. The van der Waals surface area contributed by atoms with Crippen molar-refractivity contribution in [2.75, 3.05) is 19.6 Å². The molecule has 1 aliphatic heterocycles. The fourth-order valence-electron chi connectivity index (χ4n) is 2.79. The Bertz CT molecular complexity index is 519. The van der Waals surface area contributed by atoms with Crippen LogP contribution in [-0.2, 0) is 4.79 Å². The van der Waals surface area contributed by atoms with Crippen LogP contribution in [0.25, 0.3) is 0 Å². The van der Waals surface area contributed by atoms with Crippen molar-refractivity contribution in [1.82, 2.24) is 10.2 Å². The second-order valence-corrected chi connectivity index (χ2v) is 6.28. The molecule has 1 amide bonds. The number of halogens is 2. The number of aryl methyl sites for hydroxylation is 1. The number of nitrogens with one attached hydrogen (secondary N) is 1. The first-order valence-corrected chi connectivity index (χ1v) is 8.34. The van der Waals surface area contributed by atoms with Crippen LogP contribution in [0.4, 0.5) is 0 Å². The summed E-state index contributed by atoms with van der Waals surface area (Å²) in [5.74, 6) is 0.608. The highest BCUT2D eigenvalue weighted by molar-refractivity contribution is 6.32. The molecule has 1 saturated heterocycles. The number of benzene rings is 1. The average molecular weight is 361 g/mol. The lowest BCUT2D eigenvalue weighted by atomic mass is 10.2. The molecule has 0 bridgehead atoms. The van der Waals surface area contributed by atoms with E-state index in [4.69, 9.17) is 16.3 Å². The second kappa shape index (κ2) is 9.36. The lowest BCUT2D eigenvalue weighted by Crippen LogP contribution is -2.47. The highest BCUT2D eigenvalue weighted by Crippen LogP contribution is 2.26. The zero-order valence-corrected chi connectivity index (χ0v) is 15.5. The monoisotopic (exact) mass is 360 g/mol. The lowest BCUT2D eigenvalue weighted by molar-refractivity contribution is -0.140. The topological polar surface area (TPSA) is 41.6 Å². The van der Waals surface area contributed by atoms with Gasteiger partial charge in [0.05, 0.1) is 5.02 Å². The van der Waals surface area contributed by atoms with Crippen molar-refractivity contribution >= 4 is 29.9 Å². The van der Waals surface area contributed by atoms with Gasteiger partial charge in [-0.05, 0) is 50.9 Å². The van der Waals surface area contributed by atoms with Crippen LogP contribution in [0, 0.1) is 6.92 Å². The van der Waals surface area contributed by atoms with Gasteiger partial charge in [-0.2, -0.15) is 0 Å². The van der Waals surface area contributed by atoms with Gasteiger partial charge < -0.3 is 15.0 Å². The van der Waals surface area contributed by atoms with Gasteiger partial charge in [-0.25, -0.2) is 0 Å². The Kier molecular flexibility index (Phi) is 8.17. The van der Waals surface area contributed by atoms with Crippen molar-refractivity contribution in [3.63, 3.8) is 0 Å². The minimum Gasteiger partial charge on any atom is -0.479 e. The number of ether oxygens (including phenoxy) is 1. The summed E-state index contributed by atoms with van der Waals surface area (Å²) in [6, 6.07) is 5.86. The van der Waals surface area contributed by atoms with Gasteiger partial charge in [0.25, 0.3) is 5.91 Å². The van der Waals surface area contributed by atoms with Gasteiger partial charge in [0.1, 0.15) is 5.75 Å². The highest BCUT2D eigenvalue weighted by atomic mass is 35.5. The van der Waals surface area contributed by atoms with Gasteiger partial charge in [-0.3, -0.25) is 4.79 Å². The summed E-state index contributed by atoms with van der Waals surface area (Å²) >= 11 is 6.15. The Morgan fingerprint density at radius 3 is 2.87 bits per heavy atom. The largest absolute Gasteiger partial charge is 0.479 e. The molecule has 4 nitrogen and oxygen atoms in total. The molecule has 1 aliphatic rings. The van der Waals surface area contributed by atoms with E-state index in [9.17, 15) is 4.79 Å². The summed E-state index contributed by atoms with van der Waals surface area (Å²) in [5, 5.41) is 3.85. The molecule has 1 heterocycles. The molecule has 0 spiro atoms. The van der Waals surface area contributed by atoms with Crippen LogP contribution in [-0.4, -0.2) is 42.6 Å². The molecule has 2 rings (SSSR count). The third-order valence-corrected chi connectivity index (χ3v) is 4.27. The van der Waals surface area contributed by atoms with Crippen LogP contribution >= 0.6 is 24.0 Å². The number of carbonyl (C=O) groups is 1. The predicted octanol–water partition coefficient (Wildman–Crippen LogP) is 3.44.